The van der Waals surface area contributed by atoms with Crippen molar-refractivity contribution in [3.8, 4) is 0 Å². The molecule has 0 aliphatic heterocycles. The van der Waals surface area contributed by atoms with Crippen molar-refractivity contribution in [2.75, 3.05) is 17.7 Å². The van der Waals surface area contributed by atoms with Gasteiger partial charge in [-0.3, -0.25) is 4.98 Å². The number of aryl methyl sites for hydroxylation is 1. The zero-order valence-corrected chi connectivity index (χ0v) is 11.0. The number of hydrogen-bond donors (Lipinski definition) is 2. The van der Waals surface area contributed by atoms with Crippen molar-refractivity contribution in [1.29, 1.82) is 0 Å². The molecular formula is C12H14ClN5. The third-order valence-electron chi connectivity index (χ3n) is 2.59. The Labute approximate surface area is 111 Å². The average Bonchev–Trinajstić information content (AvgIpc) is 2.38. The normalized spacial score (nSPS) is 10.2. The third kappa shape index (κ3) is 2.68. The molecule has 0 fully saturated rings. The minimum atomic E-state index is 0.396. The lowest BCUT2D eigenvalue weighted by atomic mass is 10.2. The van der Waals surface area contributed by atoms with Crippen LogP contribution in [-0.2, 0) is 6.54 Å². The largest absolute Gasteiger partial charge is 0.383 e. The standard InChI is InChI=1S/C12H14ClN5/c1-8-4-3-5-15-9(8)6-16-12-10(14-2)11(13)17-7-18-12/h3-5,7,14H,6H2,1-2H3,(H,16,17,18). The number of anilines is 2. The molecule has 2 rings (SSSR count). The van der Waals surface area contributed by atoms with Crippen molar-refractivity contribution in [1.82, 2.24) is 15.0 Å². The molecule has 0 aromatic carbocycles. The molecule has 0 bridgehead atoms. The zero-order chi connectivity index (χ0) is 13.0. The molecule has 94 valence electrons. The first kappa shape index (κ1) is 12.6. The van der Waals surface area contributed by atoms with Gasteiger partial charge in [0, 0.05) is 13.2 Å². The molecule has 2 N–H and O–H groups in total. The summed E-state index contributed by atoms with van der Waals surface area (Å²) in [5.74, 6) is 0.669. The Hall–Kier alpha value is -1.88. The summed E-state index contributed by atoms with van der Waals surface area (Å²) in [7, 11) is 1.78. The maximum Gasteiger partial charge on any atom is 0.157 e. The molecule has 0 saturated carbocycles. The van der Waals surface area contributed by atoms with Crippen molar-refractivity contribution >= 4 is 23.1 Å². The smallest absolute Gasteiger partial charge is 0.157 e. The number of nitrogens with zero attached hydrogens (tertiary/aromatic N) is 3. The van der Waals surface area contributed by atoms with Crippen LogP contribution in [0.4, 0.5) is 11.5 Å². The van der Waals surface area contributed by atoms with E-state index >= 15 is 0 Å². The Balaban J connectivity index is 2.16. The number of pyridine rings is 1. The first-order chi connectivity index (χ1) is 8.72. The second-order valence-corrected chi connectivity index (χ2v) is 4.12. The van der Waals surface area contributed by atoms with Crippen LogP contribution in [0.5, 0.6) is 0 Å². The van der Waals surface area contributed by atoms with Gasteiger partial charge in [0.05, 0.1) is 12.2 Å². The van der Waals surface area contributed by atoms with Crippen molar-refractivity contribution in [3.05, 3.63) is 41.1 Å². The van der Waals surface area contributed by atoms with Crippen molar-refractivity contribution in [2.45, 2.75) is 13.5 Å². The Morgan fingerprint density at radius 3 is 2.83 bits per heavy atom. The van der Waals surface area contributed by atoms with E-state index in [2.05, 4.69) is 25.6 Å². The quantitative estimate of drug-likeness (QED) is 0.830. The van der Waals surface area contributed by atoms with E-state index in [1.807, 2.05) is 19.1 Å². The Morgan fingerprint density at radius 1 is 1.28 bits per heavy atom. The van der Waals surface area contributed by atoms with Gasteiger partial charge < -0.3 is 10.6 Å². The van der Waals surface area contributed by atoms with Crippen molar-refractivity contribution < 1.29 is 0 Å². The molecule has 5 nitrogen and oxygen atoms in total. The number of hydrogen-bond acceptors (Lipinski definition) is 5. The molecular weight excluding hydrogens is 250 g/mol. The van der Waals surface area contributed by atoms with Crippen LogP contribution in [0.15, 0.2) is 24.7 Å². The first-order valence-corrected chi connectivity index (χ1v) is 5.92. The Morgan fingerprint density at radius 2 is 2.11 bits per heavy atom. The summed E-state index contributed by atoms with van der Waals surface area (Å²) in [4.78, 5) is 12.4. The Kier molecular flexibility index (Phi) is 3.94. The average molecular weight is 264 g/mol. The lowest BCUT2D eigenvalue weighted by Crippen LogP contribution is -2.08. The molecule has 0 unspecified atom stereocenters. The fraction of sp³-hybridized carbons (Fsp3) is 0.250. The minimum absolute atomic E-state index is 0.396. The molecule has 0 aliphatic rings. The summed E-state index contributed by atoms with van der Waals surface area (Å²) < 4.78 is 0. The summed E-state index contributed by atoms with van der Waals surface area (Å²) in [6.45, 7) is 2.62. The fourth-order valence-corrected chi connectivity index (χ4v) is 1.82. The predicted octanol–water partition coefficient (Wildman–Crippen LogP) is 2.49. The van der Waals surface area contributed by atoms with Gasteiger partial charge in [0.15, 0.2) is 11.0 Å². The van der Waals surface area contributed by atoms with E-state index in [0.29, 0.717) is 23.2 Å². The summed E-state index contributed by atoms with van der Waals surface area (Å²) in [6.07, 6.45) is 3.20. The van der Waals surface area contributed by atoms with Crippen LogP contribution in [0.1, 0.15) is 11.3 Å². The van der Waals surface area contributed by atoms with Gasteiger partial charge in [0.2, 0.25) is 0 Å². The lowest BCUT2D eigenvalue weighted by Gasteiger charge is -2.11. The van der Waals surface area contributed by atoms with Gasteiger partial charge in [-0.1, -0.05) is 17.7 Å². The lowest BCUT2D eigenvalue weighted by molar-refractivity contribution is 0.999. The highest BCUT2D eigenvalue weighted by Gasteiger charge is 2.08. The van der Waals surface area contributed by atoms with Gasteiger partial charge in [0.25, 0.3) is 0 Å². The fourth-order valence-electron chi connectivity index (χ4n) is 1.59. The maximum absolute atomic E-state index is 5.97. The molecule has 0 saturated heterocycles. The van der Waals surface area contributed by atoms with Gasteiger partial charge in [-0.05, 0) is 18.6 Å². The highest BCUT2D eigenvalue weighted by molar-refractivity contribution is 6.32. The monoisotopic (exact) mass is 263 g/mol. The van der Waals surface area contributed by atoms with E-state index in [1.165, 1.54) is 6.33 Å². The molecule has 2 aromatic heterocycles. The number of aromatic nitrogens is 3. The van der Waals surface area contributed by atoms with E-state index in [1.54, 1.807) is 13.2 Å². The second-order valence-electron chi connectivity index (χ2n) is 3.76. The van der Waals surface area contributed by atoms with Crippen LogP contribution < -0.4 is 10.6 Å². The number of rotatable bonds is 4. The van der Waals surface area contributed by atoms with E-state index in [4.69, 9.17) is 11.6 Å². The van der Waals surface area contributed by atoms with E-state index in [0.717, 1.165) is 11.3 Å². The Bertz CT molecular complexity index is 544. The van der Waals surface area contributed by atoms with Crippen LogP contribution in [0.3, 0.4) is 0 Å². The molecule has 0 aliphatic carbocycles. The molecule has 2 aromatic rings. The molecule has 0 radical (unpaired) electrons. The van der Waals surface area contributed by atoms with Crippen LogP contribution in [0.2, 0.25) is 5.15 Å². The third-order valence-corrected chi connectivity index (χ3v) is 2.88. The number of halogens is 1. The summed E-state index contributed by atoms with van der Waals surface area (Å²) in [5, 5.41) is 6.57. The highest BCUT2D eigenvalue weighted by atomic mass is 35.5. The summed E-state index contributed by atoms with van der Waals surface area (Å²) in [5.41, 5.74) is 2.80. The van der Waals surface area contributed by atoms with Gasteiger partial charge in [-0.2, -0.15) is 0 Å². The minimum Gasteiger partial charge on any atom is -0.383 e. The van der Waals surface area contributed by atoms with Crippen molar-refractivity contribution in [3.63, 3.8) is 0 Å². The van der Waals surface area contributed by atoms with Gasteiger partial charge in [-0.15, -0.1) is 0 Å². The molecule has 18 heavy (non-hydrogen) atoms. The van der Waals surface area contributed by atoms with Crippen LogP contribution in [0, 0.1) is 6.92 Å². The molecule has 0 spiro atoms. The number of nitrogens with one attached hydrogen (secondary N) is 2. The van der Waals surface area contributed by atoms with E-state index < -0.39 is 0 Å². The molecule has 2 heterocycles. The van der Waals surface area contributed by atoms with Gasteiger partial charge in [-0.25, -0.2) is 9.97 Å². The topological polar surface area (TPSA) is 62.7 Å². The van der Waals surface area contributed by atoms with Gasteiger partial charge >= 0.3 is 0 Å². The van der Waals surface area contributed by atoms with Crippen LogP contribution in [-0.4, -0.2) is 22.0 Å². The van der Waals surface area contributed by atoms with Crippen LogP contribution >= 0.6 is 11.6 Å². The zero-order valence-electron chi connectivity index (χ0n) is 10.2. The molecule has 0 amide bonds. The van der Waals surface area contributed by atoms with Gasteiger partial charge in [0.1, 0.15) is 12.0 Å². The first-order valence-electron chi connectivity index (χ1n) is 5.55. The van der Waals surface area contributed by atoms with E-state index in [9.17, 15) is 0 Å². The SMILES string of the molecule is CNc1c(Cl)ncnc1NCc1ncccc1C. The van der Waals surface area contributed by atoms with Crippen molar-refractivity contribution in [2.24, 2.45) is 0 Å². The summed E-state index contributed by atoms with van der Waals surface area (Å²) in [6, 6.07) is 3.94. The van der Waals surface area contributed by atoms with Crippen LogP contribution in [0.25, 0.3) is 0 Å². The highest BCUT2D eigenvalue weighted by Crippen LogP contribution is 2.25. The summed E-state index contributed by atoms with van der Waals surface area (Å²) >= 11 is 5.97. The second kappa shape index (κ2) is 5.64. The molecule has 0 atom stereocenters. The molecule has 6 heteroatoms. The maximum atomic E-state index is 5.97. The van der Waals surface area contributed by atoms with E-state index in [-0.39, 0.29) is 0 Å². The predicted molar refractivity (Wildman–Crippen MR) is 72.9 cm³/mol.